The van der Waals surface area contributed by atoms with Crippen LogP contribution in [0.4, 0.5) is 0 Å². The summed E-state index contributed by atoms with van der Waals surface area (Å²) in [6.45, 7) is 3.13. The fraction of sp³-hybridized carbons (Fsp3) is 0. The molecule has 0 spiro atoms. The predicted octanol–water partition coefficient (Wildman–Crippen LogP) is 1.77. The average molecular weight is 122 g/mol. The van der Waals surface area contributed by atoms with Crippen molar-refractivity contribution in [3.8, 4) is 5.40 Å². The van der Waals surface area contributed by atoms with Gasteiger partial charge in [-0.1, -0.05) is 30.8 Å². The minimum atomic E-state index is 1.22. The van der Waals surface area contributed by atoms with E-state index in [0.717, 1.165) is 0 Å². The Labute approximate surface area is 47.6 Å². The van der Waals surface area contributed by atoms with Crippen molar-refractivity contribution in [2.24, 2.45) is 0 Å². The van der Waals surface area contributed by atoms with Crippen LogP contribution in [-0.4, -0.2) is 0 Å². The molecule has 0 unspecified atom stereocenters. The van der Waals surface area contributed by atoms with Gasteiger partial charge in [0.25, 0.3) is 0 Å². The van der Waals surface area contributed by atoms with Gasteiger partial charge in [-0.15, -0.1) is 0 Å². The number of thiol groups is 1. The molecule has 0 atom stereocenters. The minimum Gasteiger partial charge on any atom is -0.185 e. The molecule has 34 valence electrons. The molecule has 0 amide bonds. The van der Waals surface area contributed by atoms with Crippen LogP contribution in [0.2, 0.25) is 0 Å². The summed E-state index contributed by atoms with van der Waals surface area (Å²) >= 11 is 7.86. The maximum atomic E-state index is 7.18. The van der Waals surface area contributed by atoms with Crippen molar-refractivity contribution in [1.82, 2.24) is 0 Å². The number of hydrogen-bond donors (Lipinski definition) is 1. The first-order chi connectivity index (χ1) is 2.83. The second-order valence-electron chi connectivity index (χ2n) is 0.254. The standard InChI is InChI=1S/C2H3Cl.CHNS/c1-2-3;2-1-3/h2H,1H2;3H. The molecule has 0 radical (unpaired) electrons. The van der Waals surface area contributed by atoms with Crippen LogP contribution < -0.4 is 0 Å². The number of rotatable bonds is 0. The van der Waals surface area contributed by atoms with E-state index in [1.165, 1.54) is 10.9 Å². The molecule has 0 aromatic carbocycles. The maximum absolute atomic E-state index is 7.18. The zero-order valence-electron chi connectivity index (χ0n) is 3.06. The highest BCUT2D eigenvalue weighted by atomic mass is 35.5. The van der Waals surface area contributed by atoms with Gasteiger partial charge in [0.15, 0.2) is 0 Å². The van der Waals surface area contributed by atoms with E-state index in [1.54, 1.807) is 0 Å². The van der Waals surface area contributed by atoms with Crippen LogP contribution in [0, 0.1) is 10.7 Å². The van der Waals surface area contributed by atoms with Gasteiger partial charge in [-0.2, -0.15) is 5.26 Å². The normalized spacial score (nSPS) is 3.50. The summed E-state index contributed by atoms with van der Waals surface area (Å²) in [5.74, 6) is 0. The molecule has 6 heavy (non-hydrogen) atoms. The molecule has 0 heterocycles. The lowest BCUT2D eigenvalue weighted by atomic mass is 11.3. The number of halogens is 1. The molecule has 0 rings (SSSR count). The van der Waals surface area contributed by atoms with Gasteiger partial charge in [-0.3, -0.25) is 0 Å². The van der Waals surface area contributed by atoms with Gasteiger partial charge >= 0.3 is 0 Å². The molecule has 3 heteroatoms. The van der Waals surface area contributed by atoms with Gasteiger partial charge in [0.1, 0.15) is 5.40 Å². The second-order valence-corrected chi connectivity index (χ2v) is 0.763. The summed E-state index contributed by atoms with van der Waals surface area (Å²) in [5.41, 5.74) is 1.22. The number of hydrogen-bond acceptors (Lipinski definition) is 2. The van der Waals surface area contributed by atoms with Crippen LogP contribution in [0.15, 0.2) is 12.1 Å². The molecule has 0 bridgehead atoms. The lowest BCUT2D eigenvalue weighted by Gasteiger charge is -1.27. The van der Waals surface area contributed by atoms with Crippen molar-refractivity contribution in [2.75, 3.05) is 0 Å². The van der Waals surface area contributed by atoms with Crippen molar-refractivity contribution in [3.05, 3.63) is 12.1 Å². The molecule has 0 N–H and O–H groups in total. The van der Waals surface area contributed by atoms with E-state index in [4.69, 9.17) is 16.9 Å². The van der Waals surface area contributed by atoms with Crippen molar-refractivity contribution >= 4 is 24.2 Å². The van der Waals surface area contributed by atoms with Gasteiger partial charge in [-0.05, 0) is 5.54 Å². The highest BCUT2D eigenvalue weighted by molar-refractivity contribution is 7.85. The fourth-order valence-corrected chi connectivity index (χ4v) is 0. The predicted molar refractivity (Wildman–Crippen MR) is 30.6 cm³/mol. The Balaban J connectivity index is 0. The number of thiocyanates is 1. The molecular formula is C3H4ClNS. The second kappa shape index (κ2) is 20.9. The first-order valence-electron chi connectivity index (χ1n) is 1.07. The third kappa shape index (κ3) is 1890. The summed E-state index contributed by atoms with van der Waals surface area (Å²) < 4.78 is 0. The summed E-state index contributed by atoms with van der Waals surface area (Å²) in [7, 11) is 0. The molecule has 0 saturated carbocycles. The Morgan fingerprint density at radius 3 is 2.00 bits per heavy atom. The lowest BCUT2D eigenvalue weighted by Crippen LogP contribution is -0.961. The van der Waals surface area contributed by atoms with Crippen molar-refractivity contribution in [1.29, 1.82) is 5.26 Å². The van der Waals surface area contributed by atoms with Crippen LogP contribution in [0.3, 0.4) is 0 Å². The Bertz CT molecular complexity index is 56.3. The van der Waals surface area contributed by atoms with Gasteiger partial charge in [-0.25, -0.2) is 0 Å². The van der Waals surface area contributed by atoms with Crippen molar-refractivity contribution in [2.45, 2.75) is 0 Å². The number of nitrogens with zero attached hydrogens (tertiary/aromatic N) is 1. The first kappa shape index (κ1) is 9.30. The van der Waals surface area contributed by atoms with E-state index in [9.17, 15) is 0 Å². The molecule has 0 aliphatic rings. The summed E-state index contributed by atoms with van der Waals surface area (Å²) in [6, 6.07) is 0. The fourth-order valence-electron chi connectivity index (χ4n) is 0. The van der Waals surface area contributed by atoms with E-state index < -0.39 is 0 Å². The van der Waals surface area contributed by atoms with Crippen LogP contribution >= 0.6 is 24.2 Å². The average Bonchev–Trinajstić information content (AvgIpc) is 1.39. The molecule has 0 saturated heterocycles. The third-order valence-corrected chi connectivity index (χ3v) is 0. The van der Waals surface area contributed by atoms with Crippen LogP contribution in [0.5, 0.6) is 0 Å². The maximum Gasteiger partial charge on any atom is 0.130 e. The number of nitriles is 1. The van der Waals surface area contributed by atoms with Gasteiger partial charge in [0.05, 0.1) is 0 Å². The van der Waals surface area contributed by atoms with E-state index in [2.05, 4.69) is 19.2 Å². The highest BCUT2D eigenvalue weighted by Crippen LogP contribution is 1.60. The first-order valence-corrected chi connectivity index (χ1v) is 1.96. The largest absolute Gasteiger partial charge is 0.185 e. The lowest BCUT2D eigenvalue weighted by molar-refractivity contribution is 1.57. The molecular weight excluding hydrogens is 118 g/mol. The quantitative estimate of drug-likeness (QED) is 0.383. The van der Waals surface area contributed by atoms with E-state index in [0.29, 0.717) is 0 Å². The molecule has 0 fully saturated rings. The smallest absolute Gasteiger partial charge is 0.130 e. The zero-order valence-corrected chi connectivity index (χ0v) is 4.71. The summed E-state index contributed by atoms with van der Waals surface area (Å²) in [6.07, 6.45) is 0. The van der Waals surface area contributed by atoms with Crippen molar-refractivity contribution < 1.29 is 0 Å². The molecule has 0 aliphatic carbocycles. The van der Waals surface area contributed by atoms with Gasteiger partial charge in [0, 0.05) is 0 Å². The third-order valence-electron chi connectivity index (χ3n) is 0. The Kier molecular flexibility index (Phi) is 32.3. The zero-order chi connectivity index (χ0) is 5.41. The molecule has 1 nitrogen and oxygen atoms in total. The Morgan fingerprint density at radius 2 is 2.00 bits per heavy atom. The monoisotopic (exact) mass is 121 g/mol. The highest BCUT2D eigenvalue weighted by Gasteiger charge is 1.18. The Hall–Kier alpha value is -0.130. The van der Waals surface area contributed by atoms with Crippen LogP contribution in [0.1, 0.15) is 0 Å². The summed E-state index contributed by atoms with van der Waals surface area (Å²) in [5, 5.41) is 8.63. The minimum absolute atomic E-state index is 1.22. The Morgan fingerprint density at radius 1 is 2.00 bits per heavy atom. The van der Waals surface area contributed by atoms with Crippen LogP contribution in [0.25, 0.3) is 0 Å². The SMILES string of the molecule is C=CCl.N#CS. The van der Waals surface area contributed by atoms with Crippen molar-refractivity contribution in [3.63, 3.8) is 0 Å². The summed E-state index contributed by atoms with van der Waals surface area (Å²) in [4.78, 5) is 0. The van der Waals surface area contributed by atoms with Gasteiger partial charge in [0.2, 0.25) is 0 Å². The molecule has 0 aliphatic heterocycles. The van der Waals surface area contributed by atoms with Crippen LogP contribution in [-0.2, 0) is 0 Å². The van der Waals surface area contributed by atoms with E-state index in [1.807, 2.05) is 0 Å². The van der Waals surface area contributed by atoms with E-state index in [-0.39, 0.29) is 0 Å². The molecule has 0 aromatic rings. The van der Waals surface area contributed by atoms with Gasteiger partial charge < -0.3 is 0 Å². The molecule has 0 aromatic heterocycles. The topological polar surface area (TPSA) is 23.8 Å². The van der Waals surface area contributed by atoms with E-state index >= 15 is 0 Å².